The molecule has 20 nitrogen and oxygen atoms in total. The van der Waals surface area contributed by atoms with Gasteiger partial charge in [0.15, 0.2) is 25.2 Å². The van der Waals surface area contributed by atoms with E-state index in [1.54, 1.807) is 13.8 Å². The maximum Gasteiger partial charge on any atom is 0.331 e. The van der Waals surface area contributed by atoms with Gasteiger partial charge < -0.3 is 88.2 Å². The number of carbonyl (C=O) groups excluding carboxylic acids is 2. The van der Waals surface area contributed by atoms with E-state index in [2.05, 4.69) is 13.8 Å². The summed E-state index contributed by atoms with van der Waals surface area (Å²) in [6.07, 6.45) is -10.8. The Balaban J connectivity index is 0.749. The lowest BCUT2D eigenvalue weighted by atomic mass is 9.43. The van der Waals surface area contributed by atoms with Crippen LogP contribution in [0.5, 0.6) is 0 Å². The first-order chi connectivity index (χ1) is 32.6. The minimum absolute atomic E-state index is 0.000687. The van der Waals surface area contributed by atoms with Crippen LogP contribution in [0.15, 0.2) is 11.6 Å². The van der Waals surface area contributed by atoms with Crippen LogP contribution in [0.2, 0.25) is 0 Å². The zero-order valence-corrected chi connectivity index (χ0v) is 40.5. The molecule has 0 unspecified atom stereocenters. The van der Waals surface area contributed by atoms with Crippen molar-refractivity contribution < 1.29 is 97.8 Å². The van der Waals surface area contributed by atoms with Gasteiger partial charge in [0.25, 0.3) is 0 Å². The van der Waals surface area contributed by atoms with Crippen LogP contribution in [0.25, 0.3) is 0 Å². The first-order valence-corrected chi connectivity index (χ1v) is 25.3. The number of esters is 2. The van der Waals surface area contributed by atoms with Gasteiger partial charge >= 0.3 is 11.9 Å². The minimum Gasteiger partial charge on any atom is -0.459 e. The van der Waals surface area contributed by atoms with Crippen molar-refractivity contribution in [3.05, 3.63) is 11.6 Å². The summed E-state index contributed by atoms with van der Waals surface area (Å²) in [7, 11) is 0. The SMILES string of the molecule is CC(=O)O[C@H]1C[C@@H](O[C@@H]2[C@@H](O)C[C@@H](O[C@@H]3[C@@H](O)C[C@@H](O[C@H]4CC[C@]5(C)[C@@H](CC[C@H]6[C@H]5CC[C@]5(C)[C@H](C7=CC(=O)OC7)[C@H](O)C[C@]65O)C4)O[C@@H]3C)O[C@@H]2C)O[C@H](C)[C@@H]1O[C@H]1O[C@@H](CO)[C@H](O)[C@@H](O)[C@@H]1O. The number of aliphatic hydroxyl groups is 8. The highest BCUT2D eigenvalue weighted by Gasteiger charge is 2.70. The van der Waals surface area contributed by atoms with Crippen molar-refractivity contribution in [2.75, 3.05) is 13.2 Å². The molecule has 26 atom stereocenters. The van der Waals surface area contributed by atoms with E-state index < -0.39 is 134 Å². The number of hydrogen-bond donors (Lipinski definition) is 8. The second-order valence-electron chi connectivity index (χ2n) is 22.3. The van der Waals surface area contributed by atoms with Crippen molar-refractivity contribution in [3.63, 3.8) is 0 Å². The summed E-state index contributed by atoms with van der Waals surface area (Å²) in [6, 6.07) is 0. The fraction of sp³-hybridized carbons (Fsp3) is 0.918. The van der Waals surface area contributed by atoms with Gasteiger partial charge in [-0.15, -0.1) is 0 Å². The van der Waals surface area contributed by atoms with Gasteiger partial charge in [-0.25, -0.2) is 4.79 Å². The molecular formula is C49H76O20. The van der Waals surface area contributed by atoms with Gasteiger partial charge in [0.2, 0.25) is 0 Å². The molecule has 0 spiro atoms. The normalized spacial score (nSPS) is 53.3. The molecular weight excluding hydrogens is 909 g/mol. The number of rotatable bonds is 11. The third-order valence-electron chi connectivity index (χ3n) is 18.2. The van der Waals surface area contributed by atoms with Gasteiger partial charge in [-0.1, -0.05) is 13.8 Å². The van der Waals surface area contributed by atoms with Crippen LogP contribution < -0.4 is 0 Å². The monoisotopic (exact) mass is 984 g/mol. The molecule has 5 heterocycles. The van der Waals surface area contributed by atoms with Crippen molar-refractivity contribution >= 4 is 11.9 Å². The van der Waals surface area contributed by atoms with E-state index >= 15 is 0 Å². The summed E-state index contributed by atoms with van der Waals surface area (Å²) in [5.41, 5.74) is -0.809. The van der Waals surface area contributed by atoms with Gasteiger partial charge in [0.05, 0.1) is 54.9 Å². The molecule has 8 N–H and O–H groups in total. The molecule has 4 saturated heterocycles. The first-order valence-electron chi connectivity index (χ1n) is 25.3. The maximum absolute atomic E-state index is 12.6. The van der Waals surface area contributed by atoms with Crippen LogP contribution in [-0.2, 0) is 57.0 Å². The number of fused-ring (bicyclic) bond motifs is 5. The zero-order chi connectivity index (χ0) is 49.5. The van der Waals surface area contributed by atoms with E-state index in [1.807, 2.05) is 6.92 Å². The Morgan fingerprint density at radius 3 is 1.93 bits per heavy atom. The maximum atomic E-state index is 12.6. The van der Waals surface area contributed by atoms with Crippen molar-refractivity contribution in [2.24, 2.45) is 34.5 Å². The van der Waals surface area contributed by atoms with Gasteiger partial charge in [0.1, 0.15) is 55.4 Å². The van der Waals surface area contributed by atoms with Crippen LogP contribution in [0.4, 0.5) is 0 Å². The Morgan fingerprint density at radius 1 is 0.710 bits per heavy atom. The number of cyclic esters (lactones) is 1. The molecule has 8 fully saturated rings. The van der Waals surface area contributed by atoms with Crippen LogP contribution in [-0.4, -0.2) is 188 Å². The fourth-order valence-corrected chi connectivity index (χ4v) is 14.7. The lowest BCUT2D eigenvalue weighted by Crippen LogP contribution is -2.62. The Hall–Kier alpha value is -1.96. The average Bonchev–Trinajstić information content (AvgIpc) is 3.79. The average molecular weight is 985 g/mol. The van der Waals surface area contributed by atoms with E-state index in [1.165, 1.54) is 13.0 Å². The van der Waals surface area contributed by atoms with Crippen LogP contribution in [0.3, 0.4) is 0 Å². The number of carbonyl (C=O) groups is 2. The van der Waals surface area contributed by atoms with E-state index in [0.29, 0.717) is 18.3 Å². The van der Waals surface area contributed by atoms with Crippen molar-refractivity contribution in [1.29, 1.82) is 0 Å². The number of hydrogen-bond acceptors (Lipinski definition) is 20. The second kappa shape index (κ2) is 20.0. The summed E-state index contributed by atoms with van der Waals surface area (Å²) in [4.78, 5) is 24.2. The molecule has 9 aliphatic rings. The summed E-state index contributed by atoms with van der Waals surface area (Å²) in [5, 5.41) is 87.5. The smallest absolute Gasteiger partial charge is 0.331 e. The number of aliphatic hydroxyl groups excluding tert-OH is 7. The third kappa shape index (κ3) is 9.59. The summed E-state index contributed by atoms with van der Waals surface area (Å²) in [5.74, 6) is -0.609. The largest absolute Gasteiger partial charge is 0.459 e. The van der Waals surface area contributed by atoms with Crippen LogP contribution >= 0.6 is 0 Å². The summed E-state index contributed by atoms with van der Waals surface area (Å²) >= 11 is 0. The van der Waals surface area contributed by atoms with E-state index in [0.717, 1.165) is 50.5 Å². The fourth-order valence-electron chi connectivity index (χ4n) is 14.7. The van der Waals surface area contributed by atoms with Gasteiger partial charge in [-0.3, -0.25) is 4.79 Å². The molecule has 0 bridgehead atoms. The third-order valence-corrected chi connectivity index (χ3v) is 18.2. The molecule has 4 saturated carbocycles. The van der Waals surface area contributed by atoms with Gasteiger partial charge in [-0.05, 0) is 94.5 Å². The molecule has 20 heteroatoms. The highest BCUT2D eigenvalue weighted by atomic mass is 16.8. The standard InChI is InChI=1S/C49H76O20/c1-21-43(67-37-16-31(53)44(22(2)62-37)68-38-17-33(64-24(4)51)45(23(3)63-38)69-46-42(58)41(57)40(56)34(19-50)66-46)30(52)15-36(61-21)65-27-9-11-47(5)26(14-27)7-8-29-28(47)10-12-48(6)39(25-13-35(55)60-20-25)32(54)18-49(29,48)59/h13,21-23,26-34,36-46,50,52-54,56-59H,7-12,14-20H2,1-6H3/t21-,22-,23-,26+,27+,28-,29+,30+,31+,32-,33+,34+,36-,37-,38-,39-,40+,41-,42+,43+,44+,45+,46-,47-,48-,49+/m1/s1. The van der Waals surface area contributed by atoms with Crippen LogP contribution in [0, 0.1) is 34.5 Å². The number of ether oxygens (including phenoxy) is 10. The topological polar surface area (TPSA) is 288 Å². The molecule has 0 aromatic carbocycles. The van der Waals surface area contributed by atoms with E-state index in [-0.39, 0.29) is 55.2 Å². The lowest BCUT2D eigenvalue weighted by Gasteiger charge is -2.63. The van der Waals surface area contributed by atoms with Gasteiger partial charge in [-0.2, -0.15) is 0 Å². The minimum atomic E-state index is -1.68. The highest BCUT2D eigenvalue weighted by molar-refractivity contribution is 5.85. The van der Waals surface area contributed by atoms with Gasteiger partial charge in [0, 0.05) is 50.0 Å². The lowest BCUT2D eigenvalue weighted by molar-refractivity contribution is -0.355. The second-order valence-corrected chi connectivity index (χ2v) is 22.3. The highest BCUT2D eigenvalue weighted by Crippen LogP contribution is 2.70. The van der Waals surface area contributed by atoms with Crippen molar-refractivity contribution in [3.8, 4) is 0 Å². The van der Waals surface area contributed by atoms with E-state index in [4.69, 9.17) is 47.4 Å². The molecule has 392 valence electrons. The predicted molar refractivity (Wildman–Crippen MR) is 235 cm³/mol. The molecule has 0 radical (unpaired) electrons. The van der Waals surface area contributed by atoms with Crippen LogP contribution in [0.1, 0.15) is 112 Å². The van der Waals surface area contributed by atoms with Crippen molar-refractivity contribution in [2.45, 2.75) is 234 Å². The first kappa shape index (κ1) is 51.9. The Morgan fingerprint density at radius 2 is 1.33 bits per heavy atom. The molecule has 9 rings (SSSR count). The molecule has 69 heavy (non-hydrogen) atoms. The molecule has 4 aliphatic carbocycles. The quantitative estimate of drug-likeness (QED) is 0.104. The summed E-state index contributed by atoms with van der Waals surface area (Å²) in [6.45, 7) is 10.4. The van der Waals surface area contributed by atoms with Crippen molar-refractivity contribution in [1.82, 2.24) is 0 Å². The molecule has 5 aliphatic heterocycles. The predicted octanol–water partition coefficient (Wildman–Crippen LogP) is 0.613. The molecule has 0 aromatic rings. The molecule has 0 aromatic heterocycles. The molecule has 0 amide bonds. The van der Waals surface area contributed by atoms with E-state index in [9.17, 15) is 50.4 Å². The summed E-state index contributed by atoms with van der Waals surface area (Å²) < 4.78 is 60.1. The Kier molecular flexibility index (Phi) is 15.1. The zero-order valence-electron chi connectivity index (χ0n) is 40.5. The Labute approximate surface area is 402 Å². The Bertz CT molecular complexity index is 1850.